The lowest BCUT2D eigenvalue weighted by atomic mass is 9.90. The molecule has 2 nitrogen and oxygen atoms in total. The van der Waals surface area contributed by atoms with Crippen LogP contribution in [0.1, 0.15) is 26.7 Å². The Kier molecular flexibility index (Phi) is 4.95. The number of rotatable bonds is 5. The van der Waals surface area contributed by atoms with E-state index in [0.717, 1.165) is 11.5 Å². The summed E-state index contributed by atoms with van der Waals surface area (Å²) < 4.78 is 6.19. The third-order valence-corrected chi connectivity index (χ3v) is 4.96. The van der Waals surface area contributed by atoms with Gasteiger partial charge >= 0.3 is 0 Å². The largest absolute Gasteiger partial charge is 0.487 e. The number of hydrogen-bond acceptors (Lipinski definition) is 3. The summed E-state index contributed by atoms with van der Waals surface area (Å²) in [6.45, 7) is 4.53. The number of likely N-dealkylation sites (N-methyl/N-ethyl adjacent to an activating group) is 1. The maximum atomic E-state index is 6.19. The van der Waals surface area contributed by atoms with Crippen molar-refractivity contribution < 1.29 is 4.74 Å². The number of ether oxygens (including phenoxy) is 1. The molecule has 1 aliphatic heterocycles. The van der Waals surface area contributed by atoms with Crippen LogP contribution < -0.4 is 10.1 Å². The normalized spacial score (nSPS) is 20.3. The standard InChI is InChI=1S/C15H23NOS/c1-4-11(5-2)15(16-3)13-10-18-14-9-7-6-8-12(14)17-13/h6-9,11,13,15-16H,4-5,10H2,1-3H3. The van der Waals surface area contributed by atoms with Crippen LogP contribution in [0.5, 0.6) is 5.75 Å². The molecule has 1 aromatic rings. The monoisotopic (exact) mass is 265 g/mol. The molecule has 0 aliphatic carbocycles. The molecule has 1 aliphatic rings. The molecule has 100 valence electrons. The average Bonchev–Trinajstić information content (AvgIpc) is 2.44. The summed E-state index contributed by atoms with van der Waals surface area (Å²) in [7, 11) is 2.05. The Morgan fingerprint density at radius 1 is 1.33 bits per heavy atom. The van der Waals surface area contributed by atoms with Gasteiger partial charge in [0.05, 0.1) is 0 Å². The van der Waals surface area contributed by atoms with Crippen LogP contribution in [-0.2, 0) is 0 Å². The highest BCUT2D eigenvalue weighted by Crippen LogP contribution is 2.37. The molecule has 2 atom stereocenters. The van der Waals surface area contributed by atoms with E-state index in [0.29, 0.717) is 12.0 Å². The molecule has 18 heavy (non-hydrogen) atoms. The van der Waals surface area contributed by atoms with Crippen LogP contribution in [0.25, 0.3) is 0 Å². The average molecular weight is 265 g/mol. The fourth-order valence-electron chi connectivity index (χ4n) is 2.73. The van der Waals surface area contributed by atoms with Crippen molar-refractivity contribution in [1.29, 1.82) is 0 Å². The first kappa shape index (κ1) is 13.8. The van der Waals surface area contributed by atoms with Gasteiger partial charge < -0.3 is 10.1 Å². The van der Waals surface area contributed by atoms with Gasteiger partial charge in [0.2, 0.25) is 0 Å². The lowest BCUT2D eigenvalue weighted by Gasteiger charge is -2.35. The Morgan fingerprint density at radius 3 is 2.72 bits per heavy atom. The number of thioether (sulfide) groups is 1. The van der Waals surface area contributed by atoms with Crippen LogP contribution in [0.15, 0.2) is 29.2 Å². The van der Waals surface area contributed by atoms with Gasteiger partial charge in [-0.3, -0.25) is 0 Å². The first-order valence-corrected chi connectivity index (χ1v) is 7.84. The molecule has 0 saturated heterocycles. The van der Waals surface area contributed by atoms with E-state index in [9.17, 15) is 0 Å². The molecule has 1 heterocycles. The molecular weight excluding hydrogens is 242 g/mol. The highest BCUT2D eigenvalue weighted by Gasteiger charge is 2.31. The number of para-hydroxylation sites is 1. The maximum Gasteiger partial charge on any atom is 0.133 e. The number of benzene rings is 1. The van der Waals surface area contributed by atoms with E-state index in [4.69, 9.17) is 4.74 Å². The fraction of sp³-hybridized carbons (Fsp3) is 0.600. The van der Waals surface area contributed by atoms with Crippen LogP contribution in [0.4, 0.5) is 0 Å². The summed E-state index contributed by atoms with van der Waals surface area (Å²) in [6.07, 6.45) is 2.68. The Hall–Kier alpha value is -0.670. The predicted octanol–water partition coefficient (Wildman–Crippen LogP) is 3.56. The van der Waals surface area contributed by atoms with E-state index in [2.05, 4.69) is 44.4 Å². The van der Waals surface area contributed by atoms with Gasteiger partial charge in [0.15, 0.2) is 0 Å². The smallest absolute Gasteiger partial charge is 0.133 e. The van der Waals surface area contributed by atoms with Gasteiger partial charge in [-0.05, 0) is 25.1 Å². The lowest BCUT2D eigenvalue weighted by Crippen LogP contribution is -2.48. The van der Waals surface area contributed by atoms with Gasteiger partial charge in [-0.25, -0.2) is 0 Å². The number of nitrogens with one attached hydrogen (secondary N) is 1. The molecule has 0 spiro atoms. The van der Waals surface area contributed by atoms with Crippen LogP contribution >= 0.6 is 11.8 Å². The Bertz CT molecular complexity index is 379. The minimum absolute atomic E-state index is 0.278. The van der Waals surface area contributed by atoms with Crippen LogP contribution in [-0.4, -0.2) is 24.9 Å². The molecule has 0 radical (unpaired) electrons. The molecule has 1 aromatic carbocycles. The fourth-order valence-corrected chi connectivity index (χ4v) is 3.79. The summed E-state index contributed by atoms with van der Waals surface area (Å²) in [5.41, 5.74) is 0. The Morgan fingerprint density at radius 2 is 2.06 bits per heavy atom. The van der Waals surface area contributed by atoms with Crippen LogP contribution in [0, 0.1) is 5.92 Å². The van der Waals surface area contributed by atoms with E-state index in [-0.39, 0.29) is 6.10 Å². The summed E-state index contributed by atoms with van der Waals surface area (Å²) in [6, 6.07) is 8.79. The van der Waals surface area contributed by atoms with Crippen molar-refractivity contribution in [3.63, 3.8) is 0 Å². The highest BCUT2D eigenvalue weighted by molar-refractivity contribution is 7.99. The van der Waals surface area contributed by atoms with Crippen molar-refractivity contribution in [2.45, 2.75) is 43.7 Å². The lowest BCUT2D eigenvalue weighted by molar-refractivity contribution is 0.132. The molecule has 0 amide bonds. The van der Waals surface area contributed by atoms with Crippen LogP contribution in [0.3, 0.4) is 0 Å². The molecule has 0 aromatic heterocycles. The van der Waals surface area contributed by atoms with Crippen molar-refractivity contribution >= 4 is 11.8 Å². The van der Waals surface area contributed by atoms with Crippen LogP contribution in [0.2, 0.25) is 0 Å². The third-order valence-electron chi connectivity index (χ3n) is 3.82. The topological polar surface area (TPSA) is 21.3 Å². The van der Waals surface area contributed by atoms with Gasteiger partial charge in [0.25, 0.3) is 0 Å². The van der Waals surface area contributed by atoms with Crippen molar-refractivity contribution in [3.05, 3.63) is 24.3 Å². The quantitative estimate of drug-likeness (QED) is 0.879. The summed E-state index contributed by atoms with van der Waals surface area (Å²) in [4.78, 5) is 1.27. The van der Waals surface area contributed by atoms with Gasteiger partial charge in [0.1, 0.15) is 11.9 Å². The molecule has 1 N–H and O–H groups in total. The second kappa shape index (κ2) is 6.48. The van der Waals surface area contributed by atoms with Crippen molar-refractivity contribution in [2.24, 2.45) is 5.92 Å². The SMILES string of the molecule is CCC(CC)C(NC)C1CSc2ccccc2O1. The summed E-state index contributed by atoms with van der Waals surface area (Å²) in [5, 5.41) is 3.47. The van der Waals surface area contributed by atoms with E-state index in [1.165, 1.54) is 17.7 Å². The molecule has 2 rings (SSSR count). The second-order valence-electron chi connectivity index (χ2n) is 4.81. The second-order valence-corrected chi connectivity index (χ2v) is 5.87. The third kappa shape index (κ3) is 2.83. The highest BCUT2D eigenvalue weighted by atomic mass is 32.2. The minimum Gasteiger partial charge on any atom is -0.487 e. The first-order chi connectivity index (χ1) is 8.80. The minimum atomic E-state index is 0.278. The molecule has 0 bridgehead atoms. The van der Waals surface area contributed by atoms with Crippen molar-refractivity contribution in [3.8, 4) is 5.75 Å². The van der Waals surface area contributed by atoms with E-state index in [1.54, 1.807) is 0 Å². The van der Waals surface area contributed by atoms with Gasteiger partial charge in [-0.15, -0.1) is 11.8 Å². The molecule has 0 saturated carbocycles. The Balaban J connectivity index is 2.11. The van der Waals surface area contributed by atoms with E-state index in [1.807, 2.05) is 17.8 Å². The maximum absolute atomic E-state index is 6.19. The van der Waals surface area contributed by atoms with Crippen molar-refractivity contribution in [2.75, 3.05) is 12.8 Å². The molecule has 0 fully saturated rings. The summed E-state index contributed by atoms with van der Waals surface area (Å²) >= 11 is 1.91. The predicted molar refractivity (Wildman–Crippen MR) is 78.5 cm³/mol. The number of hydrogen-bond donors (Lipinski definition) is 1. The van der Waals surface area contributed by atoms with Gasteiger partial charge in [0, 0.05) is 16.7 Å². The van der Waals surface area contributed by atoms with Gasteiger partial charge in [-0.2, -0.15) is 0 Å². The zero-order valence-corrected chi connectivity index (χ0v) is 12.3. The first-order valence-electron chi connectivity index (χ1n) is 6.85. The number of fused-ring (bicyclic) bond motifs is 1. The Labute approximate surface area is 114 Å². The van der Waals surface area contributed by atoms with Crippen molar-refractivity contribution in [1.82, 2.24) is 5.32 Å². The van der Waals surface area contributed by atoms with E-state index < -0.39 is 0 Å². The molecule has 2 unspecified atom stereocenters. The van der Waals surface area contributed by atoms with Gasteiger partial charge in [-0.1, -0.05) is 38.8 Å². The zero-order chi connectivity index (χ0) is 13.0. The summed E-state index contributed by atoms with van der Waals surface area (Å²) in [5.74, 6) is 2.77. The van der Waals surface area contributed by atoms with E-state index >= 15 is 0 Å². The zero-order valence-electron chi connectivity index (χ0n) is 11.5. The molecule has 3 heteroatoms. The molecular formula is C15H23NOS.